The number of rotatable bonds is 7. The van der Waals surface area contributed by atoms with Gasteiger partial charge in [0, 0.05) is 28.6 Å². The fraction of sp³-hybridized carbons (Fsp3) is 0.310. The second-order valence-corrected chi connectivity index (χ2v) is 10.8. The van der Waals surface area contributed by atoms with E-state index in [9.17, 15) is 22.8 Å². The number of fused-ring (bicyclic) bond motifs is 1. The molecule has 1 saturated heterocycles. The standard InChI is InChI=1S/C29H27BrF3N5O3/c1-16-26(36-28(40)23-13-25(29(31,32)33)35-24-10-9-20(30)12-22(23)24)17(2)38(37-16)15-18-5-7-19(8-6-18)27(39)34-14-21-4-3-11-41-21/h5-10,12-13,21H,3-4,11,14-15H2,1-2H3,(H,34,39)(H,36,40)/t21-/m0/s1. The number of anilines is 1. The minimum Gasteiger partial charge on any atom is -0.376 e. The van der Waals surface area contributed by atoms with E-state index in [1.165, 1.54) is 6.07 Å². The van der Waals surface area contributed by atoms with Crippen molar-refractivity contribution in [2.75, 3.05) is 18.5 Å². The molecule has 0 bridgehead atoms. The Hall–Kier alpha value is -3.77. The quantitative estimate of drug-likeness (QED) is 0.260. The number of pyridine rings is 1. The first-order valence-electron chi connectivity index (χ1n) is 13.0. The lowest BCUT2D eigenvalue weighted by Gasteiger charge is -2.13. The van der Waals surface area contributed by atoms with Gasteiger partial charge >= 0.3 is 6.18 Å². The van der Waals surface area contributed by atoms with Gasteiger partial charge in [0.25, 0.3) is 11.8 Å². The van der Waals surface area contributed by atoms with Gasteiger partial charge in [0.05, 0.1) is 40.8 Å². The van der Waals surface area contributed by atoms with Crippen LogP contribution in [0.15, 0.2) is 53.0 Å². The Labute approximate surface area is 242 Å². The van der Waals surface area contributed by atoms with Gasteiger partial charge in [-0.2, -0.15) is 18.3 Å². The van der Waals surface area contributed by atoms with Crippen LogP contribution in [0.5, 0.6) is 0 Å². The summed E-state index contributed by atoms with van der Waals surface area (Å²) in [5.41, 5.74) is 1.72. The van der Waals surface area contributed by atoms with Crippen LogP contribution >= 0.6 is 15.9 Å². The van der Waals surface area contributed by atoms with Gasteiger partial charge in [-0.15, -0.1) is 0 Å². The number of hydrogen-bond donors (Lipinski definition) is 2. The smallest absolute Gasteiger partial charge is 0.376 e. The van der Waals surface area contributed by atoms with Crippen molar-refractivity contribution in [3.8, 4) is 0 Å². The van der Waals surface area contributed by atoms with Gasteiger partial charge in [-0.05, 0) is 68.7 Å². The minimum atomic E-state index is -4.71. The fourth-order valence-electron chi connectivity index (χ4n) is 4.79. The van der Waals surface area contributed by atoms with Crippen molar-refractivity contribution in [1.29, 1.82) is 0 Å². The molecule has 1 aliphatic rings. The first-order chi connectivity index (χ1) is 19.5. The number of alkyl halides is 3. The van der Waals surface area contributed by atoms with Crippen molar-refractivity contribution in [3.05, 3.63) is 86.8 Å². The van der Waals surface area contributed by atoms with Crippen LogP contribution in [-0.2, 0) is 17.5 Å². The molecule has 3 heterocycles. The van der Waals surface area contributed by atoms with Gasteiger partial charge in [0.15, 0.2) is 0 Å². The number of benzene rings is 2. The van der Waals surface area contributed by atoms with Crippen LogP contribution in [-0.4, -0.2) is 45.8 Å². The van der Waals surface area contributed by atoms with Gasteiger partial charge in [-0.25, -0.2) is 4.98 Å². The summed E-state index contributed by atoms with van der Waals surface area (Å²) in [4.78, 5) is 29.5. The Morgan fingerprint density at radius 3 is 2.54 bits per heavy atom. The Morgan fingerprint density at radius 1 is 1.10 bits per heavy atom. The van der Waals surface area contributed by atoms with Crippen LogP contribution < -0.4 is 10.6 Å². The van der Waals surface area contributed by atoms with E-state index < -0.39 is 17.8 Å². The van der Waals surface area contributed by atoms with E-state index in [-0.39, 0.29) is 28.5 Å². The van der Waals surface area contributed by atoms with Crippen molar-refractivity contribution >= 4 is 44.3 Å². The molecule has 2 N–H and O–H groups in total. The number of carbonyl (C=O) groups excluding carboxylic acids is 2. The van der Waals surface area contributed by atoms with Gasteiger partial charge in [-0.1, -0.05) is 28.1 Å². The molecule has 1 fully saturated rings. The molecular weight excluding hydrogens is 603 g/mol. The molecule has 41 heavy (non-hydrogen) atoms. The maximum Gasteiger partial charge on any atom is 0.433 e. The summed E-state index contributed by atoms with van der Waals surface area (Å²) in [5, 5.41) is 10.5. The third kappa shape index (κ3) is 6.43. The zero-order chi connectivity index (χ0) is 29.3. The Morgan fingerprint density at radius 2 is 1.85 bits per heavy atom. The molecule has 4 aromatic rings. The zero-order valence-electron chi connectivity index (χ0n) is 22.3. The second-order valence-electron chi connectivity index (χ2n) is 9.91. The Balaban J connectivity index is 1.32. The van der Waals surface area contributed by atoms with Gasteiger partial charge in [0.1, 0.15) is 5.69 Å². The Kier molecular flexibility index (Phi) is 8.14. The lowest BCUT2D eigenvalue weighted by Crippen LogP contribution is -2.31. The summed E-state index contributed by atoms with van der Waals surface area (Å²) in [6.45, 7) is 5.05. The van der Waals surface area contributed by atoms with Crippen LogP contribution in [0.4, 0.5) is 18.9 Å². The molecule has 5 rings (SSSR count). The highest BCUT2D eigenvalue weighted by atomic mass is 79.9. The SMILES string of the molecule is Cc1nn(Cc2ccc(C(=O)NC[C@@H]3CCCO3)cc2)c(C)c1NC(=O)c1cc(C(F)(F)F)nc2ccc(Br)cc12. The van der Waals surface area contributed by atoms with E-state index in [4.69, 9.17) is 4.74 Å². The number of aromatic nitrogens is 3. The van der Waals surface area contributed by atoms with E-state index in [1.807, 2.05) is 12.1 Å². The number of ether oxygens (including phenoxy) is 1. The maximum absolute atomic E-state index is 13.5. The van der Waals surface area contributed by atoms with Crippen LogP contribution in [0.3, 0.4) is 0 Å². The summed E-state index contributed by atoms with van der Waals surface area (Å²) in [5.74, 6) is -0.877. The van der Waals surface area contributed by atoms with Crippen LogP contribution in [0.2, 0.25) is 0 Å². The van der Waals surface area contributed by atoms with E-state index in [1.54, 1.807) is 42.8 Å². The maximum atomic E-state index is 13.5. The predicted octanol–water partition coefficient (Wildman–Crippen LogP) is 6.04. The van der Waals surface area contributed by atoms with Crippen LogP contribution in [0.25, 0.3) is 10.9 Å². The molecule has 1 atom stereocenters. The molecule has 8 nitrogen and oxygen atoms in total. The number of nitrogens with zero attached hydrogens (tertiary/aromatic N) is 3. The van der Waals surface area contributed by atoms with Crippen molar-refractivity contribution < 1.29 is 27.5 Å². The van der Waals surface area contributed by atoms with Crippen LogP contribution in [0.1, 0.15) is 56.2 Å². The molecule has 0 radical (unpaired) electrons. The molecule has 0 unspecified atom stereocenters. The molecule has 0 saturated carbocycles. The summed E-state index contributed by atoms with van der Waals surface area (Å²) in [7, 11) is 0. The average Bonchev–Trinajstić information content (AvgIpc) is 3.55. The summed E-state index contributed by atoms with van der Waals surface area (Å²) >= 11 is 3.31. The van der Waals surface area contributed by atoms with Gasteiger partial charge < -0.3 is 15.4 Å². The number of aryl methyl sites for hydroxylation is 1. The van der Waals surface area contributed by atoms with Crippen molar-refractivity contribution in [2.24, 2.45) is 0 Å². The van der Waals surface area contributed by atoms with E-state index in [0.717, 1.165) is 31.1 Å². The topological polar surface area (TPSA) is 98.1 Å². The predicted molar refractivity (Wildman–Crippen MR) is 151 cm³/mol. The monoisotopic (exact) mass is 629 g/mol. The highest BCUT2D eigenvalue weighted by molar-refractivity contribution is 9.10. The van der Waals surface area contributed by atoms with Crippen molar-refractivity contribution in [2.45, 2.75) is 45.5 Å². The molecule has 0 spiro atoms. The lowest BCUT2D eigenvalue weighted by molar-refractivity contribution is -0.141. The lowest BCUT2D eigenvalue weighted by atomic mass is 10.1. The van der Waals surface area contributed by atoms with Gasteiger partial charge in [-0.3, -0.25) is 14.3 Å². The number of hydrogen-bond acceptors (Lipinski definition) is 5. The van der Waals surface area contributed by atoms with Gasteiger partial charge in [0.2, 0.25) is 0 Å². The number of carbonyl (C=O) groups is 2. The highest BCUT2D eigenvalue weighted by Crippen LogP contribution is 2.33. The average molecular weight is 630 g/mol. The molecule has 12 heteroatoms. The number of amides is 2. The highest BCUT2D eigenvalue weighted by Gasteiger charge is 2.34. The summed E-state index contributed by atoms with van der Waals surface area (Å²) in [6, 6.07) is 12.5. The molecule has 1 aliphatic heterocycles. The van der Waals surface area contributed by atoms with E-state index >= 15 is 0 Å². The molecule has 214 valence electrons. The molecular formula is C29H27BrF3N5O3. The second kappa shape index (κ2) is 11.6. The van der Waals surface area contributed by atoms with Crippen molar-refractivity contribution in [3.63, 3.8) is 0 Å². The minimum absolute atomic E-state index is 0.0568. The normalized spacial score (nSPS) is 15.3. The molecule has 2 amide bonds. The Bertz CT molecular complexity index is 1610. The first kappa shape index (κ1) is 28.7. The third-order valence-corrected chi connectivity index (χ3v) is 7.48. The van der Waals surface area contributed by atoms with Crippen molar-refractivity contribution in [1.82, 2.24) is 20.1 Å². The zero-order valence-corrected chi connectivity index (χ0v) is 23.9. The summed E-state index contributed by atoms with van der Waals surface area (Å²) in [6.07, 6.45) is -2.71. The van der Waals surface area contributed by atoms with E-state index in [0.29, 0.717) is 40.2 Å². The third-order valence-electron chi connectivity index (χ3n) is 6.99. The molecule has 2 aromatic heterocycles. The van der Waals surface area contributed by atoms with Crippen LogP contribution in [0, 0.1) is 13.8 Å². The molecule has 2 aromatic carbocycles. The largest absolute Gasteiger partial charge is 0.433 e. The first-order valence-corrected chi connectivity index (χ1v) is 13.8. The fourth-order valence-corrected chi connectivity index (χ4v) is 5.15. The number of nitrogens with one attached hydrogen (secondary N) is 2. The summed E-state index contributed by atoms with van der Waals surface area (Å²) < 4.78 is 48.4. The number of halogens is 4. The molecule has 0 aliphatic carbocycles. The van der Waals surface area contributed by atoms with E-state index in [2.05, 4.69) is 36.6 Å².